The molecule has 2 saturated heterocycles. The van der Waals surface area contributed by atoms with Gasteiger partial charge in [0.05, 0.1) is 5.92 Å². The normalized spacial score (nSPS) is 26.2. The zero-order chi connectivity index (χ0) is 18.6. The van der Waals surface area contributed by atoms with Crippen LogP contribution in [-0.2, 0) is 11.2 Å². The van der Waals surface area contributed by atoms with Gasteiger partial charge in [-0.05, 0) is 64.1 Å². The maximum Gasteiger partial charge on any atom is 0.231 e. The molecule has 1 aromatic heterocycles. The van der Waals surface area contributed by atoms with Gasteiger partial charge in [-0.1, -0.05) is 24.9 Å². The Morgan fingerprint density at radius 2 is 1.89 bits per heavy atom. The molecule has 6 heteroatoms. The summed E-state index contributed by atoms with van der Waals surface area (Å²) in [5.74, 6) is 2.83. The predicted molar refractivity (Wildman–Crippen MR) is 103 cm³/mol. The van der Waals surface area contributed by atoms with Crippen LogP contribution >= 0.6 is 0 Å². The molecule has 27 heavy (non-hydrogen) atoms. The van der Waals surface area contributed by atoms with Crippen LogP contribution in [0.1, 0.15) is 82.3 Å². The topological polar surface area (TPSA) is 62.5 Å². The molecule has 6 nitrogen and oxygen atoms in total. The first-order valence-corrected chi connectivity index (χ1v) is 11.1. The van der Waals surface area contributed by atoms with Gasteiger partial charge >= 0.3 is 0 Å². The summed E-state index contributed by atoms with van der Waals surface area (Å²) >= 11 is 0. The molecule has 0 bridgehead atoms. The van der Waals surface area contributed by atoms with Crippen molar-refractivity contribution in [2.75, 3.05) is 26.2 Å². The van der Waals surface area contributed by atoms with E-state index < -0.39 is 0 Å². The fourth-order valence-corrected chi connectivity index (χ4v) is 5.15. The van der Waals surface area contributed by atoms with E-state index in [1.54, 1.807) is 0 Å². The monoisotopic (exact) mass is 374 g/mol. The fraction of sp³-hybridized carbons (Fsp3) is 0.857. The molecule has 0 unspecified atom stereocenters. The van der Waals surface area contributed by atoms with E-state index in [1.165, 1.54) is 51.7 Å². The molecule has 1 aromatic rings. The van der Waals surface area contributed by atoms with Crippen LogP contribution in [0.25, 0.3) is 0 Å². The van der Waals surface area contributed by atoms with Gasteiger partial charge in [0.2, 0.25) is 11.8 Å². The number of aromatic nitrogens is 2. The molecular weight excluding hydrogens is 340 g/mol. The number of hydrogen-bond acceptors (Lipinski definition) is 5. The third-order valence-corrected chi connectivity index (χ3v) is 6.76. The third kappa shape index (κ3) is 4.53. The van der Waals surface area contributed by atoms with Crippen LogP contribution in [0.5, 0.6) is 0 Å². The number of amides is 1. The van der Waals surface area contributed by atoms with Crippen LogP contribution in [0.3, 0.4) is 0 Å². The molecular formula is C21H34N4O2. The Kier molecular flexibility index (Phi) is 6.11. The summed E-state index contributed by atoms with van der Waals surface area (Å²) in [5.41, 5.74) is 0. The van der Waals surface area contributed by atoms with E-state index in [-0.39, 0.29) is 5.92 Å². The van der Waals surface area contributed by atoms with Gasteiger partial charge in [-0.25, -0.2) is 0 Å². The molecule has 4 rings (SSSR count). The number of piperidine rings is 2. The lowest BCUT2D eigenvalue weighted by molar-refractivity contribution is -0.136. The van der Waals surface area contributed by atoms with Gasteiger partial charge in [0, 0.05) is 25.4 Å². The summed E-state index contributed by atoms with van der Waals surface area (Å²) in [6, 6.07) is 0.441. The first kappa shape index (κ1) is 18.9. The van der Waals surface area contributed by atoms with E-state index in [1.807, 2.05) is 0 Å². The molecule has 150 valence electrons. The number of rotatable bonds is 6. The van der Waals surface area contributed by atoms with Crippen molar-refractivity contribution < 1.29 is 9.32 Å². The number of likely N-dealkylation sites (tertiary alicyclic amines) is 2. The van der Waals surface area contributed by atoms with Gasteiger partial charge in [-0.3, -0.25) is 4.79 Å². The van der Waals surface area contributed by atoms with Crippen molar-refractivity contribution in [2.45, 2.75) is 83.1 Å². The highest BCUT2D eigenvalue weighted by Crippen LogP contribution is 2.32. The smallest absolute Gasteiger partial charge is 0.231 e. The minimum Gasteiger partial charge on any atom is -0.339 e. The second-order valence-electron chi connectivity index (χ2n) is 8.76. The van der Waals surface area contributed by atoms with Gasteiger partial charge in [0.1, 0.15) is 0 Å². The van der Waals surface area contributed by atoms with E-state index in [0.29, 0.717) is 24.3 Å². The van der Waals surface area contributed by atoms with E-state index in [2.05, 4.69) is 21.9 Å². The van der Waals surface area contributed by atoms with E-state index >= 15 is 0 Å². The van der Waals surface area contributed by atoms with Crippen molar-refractivity contribution in [3.05, 3.63) is 11.7 Å². The fourth-order valence-electron chi connectivity index (χ4n) is 5.15. The lowest BCUT2D eigenvalue weighted by Crippen LogP contribution is -2.44. The molecule has 3 heterocycles. The highest BCUT2D eigenvalue weighted by atomic mass is 16.5. The molecule has 1 aliphatic carbocycles. The van der Waals surface area contributed by atoms with Crippen LogP contribution in [0.2, 0.25) is 0 Å². The molecule has 2 aliphatic heterocycles. The van der Waals surface area contributed by atoms with Crippen molar-refractivity contribution in [3.8, 4) is 0 Å². The van der Waals surface area contributed by atoms with Crippen molar-refractivity contribution in [1.82, 2.24) is 19.9 Å². The Hall–Kier alpha value is -1.43. The number of hydrogen-bond donors (Lipinski definition) is 0. The minimum atomic E-state index is 0.218. The Labute approximate surface area is 162 Å². The molecule has 3 fully saturated rings. The highest BCUT2D eigenvalue weighted by molar-refractivity contribution is 5.77. The Bertz CT molecular complexity index is 617. The Morgan fingerprint density at radius 1 is 1.11 bits per heavy atom. The van der Waals surface area contributed by atoms with E-state index in [4.69, 9.17) is 9.51 Å². The van der Waals surface area contributed by atoms with Crippen molar-refractivity contribution in [3.63, 3.8) is 0 Å². The Balaban J connectivity index is 1.32. The van der Waals surface area contributed by atoms with Crippen molar-refractivity contribution in [2.24, 2.45) is 5.92 Å². The van der Waals surface area contributed by atoms with Gasteiger partial charge in [-0.2, -0.15) is 4.98 Å². The molecule has 3 aliphatic rings. The lowest BCUT2D eigenvalue weighted by atomic mass is 9.93. The summed E-state index contributed by atoms with van der Waals surface area (Å²) < 4.78 is 5.64. The third-order valence-electron chi connectivity index (χ3n) is 6.76. The Morgan fingerprint density at radius 3 is 2.63 bits per heavy atom. The van der Waals surface area contributed by atoms with Crippen LogP contribution in [-0.4, -0.2) is 58.1 Å². The van der Waals surface area contributed by atoms with Gasteiger partial charge in [-0.15, -0.1) is 0 Å². The molecule has 0 N–H and O–H groups in total. The second kappa shape index (κ2) is 8.72. The summed E-state index contributed by atoms with van der Waals surface area (Å²) in [6.07, 6.45) is 10.9. The van der Waals surface area contributed by atoms with Crippen LogP contribution in [0, 0.1) is 5.92 Å². The number of carbonyl (C=O) groups excluding carboxylic acids is 1. The molecule has 0 spiro atoms. The molecule has 0 radical (unpaired) electrons. The van der Waals surface area contributed by atoms with Gasteiger partial charge in [0.15, 0.2) is 5.82 Å². The van der Waals surface area contributed by atoms with Crippen LogP contribution < -0.4 is 0 Å². The lowest BCUT2D eigenvalue weighted by Gasteiger charge is -2.35. The summed E-state index contributed by atoms with van der Waals surface area (Å²) in [5, 5.41) is 4.28. The first-order chi connectivity index (χ1) is 13.2. The van der Waals surface area contributed by atoms with Crippen molar-refractivity contribution in [1.29, 1.82) is 0 Å². The van der Waals surface area contributed by atoms with Gasteiger partial charge < -0.3 is 14.3 Å². The summed E-state index contributed by atoms with van der Waals surface area (Å²) in [6.45, 7) is 6.63. The maximum atomic E-state index is 12.4. The predicted octanol–water partition coefficient (Wildman–Crippen LogP) is 3.38. The minimum absolute atomic E-state index is 0.218. The largest absolute Gasteiger partial charge is 0.339 e. The number of nitrogens with zero attached hydrogens (tertiary/aromatic N) is 4. The van der Waals surface area contributed by atoms with Gasteiger partial charge in [0.25, 0.3) is 0 Å². The van der Waals surface area contributed by atoms with E-state index in [9.17, 15) is 4.79 Å². The van der Waals surface area contributed by atoms with Crippen molar-refractivity contribution >= 4 is 5.91 Å². The number of carbonyl (C=O) groups is 1. The zero-order valence-electron chi connectivity index (χ0n) is 16.7. The van der Waals surface area contributed by atoms with E-state index in [0.717, 1.165) is 43.9 Å². The highest BCUT2D eigenvalue weighted by Gasteiger charge is 2.35. The SMILES string of the molecule is CCCN1CCC(Cc2noc([C@@H]3CCC(=O)N(C4CCCC4)C3)n2)CC1. The molecule has 1 saturated carbocycles. The second-order valence-corrected chi connectivity index (χ2v) is 8.76. The summed E-state index contributed by atoms with van der Waals surface area (Å²) in [7, 11) is 0. The average molecular weight is 375 g/mol. The maximum absolute atomic E-state index is 12.4. The van der Waals surface area contributed by atoms with Crippen LogP contribution in [0.15, 0.2) is 4.52 Å². The molecule has 1 amide bonds. The summed E-state index contributed by atoms with van der Waals surface area (Å²) in [4.78, 5) is 21.8. The first-order valence-electron chi connectivity index (χ1n) is 11.1. The average Bonchev–Trinajstić information content (AvgIpc) is 3.36. The quantitative estimate of drug-likeness (QED) is 0.764. The molecule has 1 atom stereocenters. The zero-order valence-corrected chi connectivity index (χ0v) is 16.7. The van der Waals surface area contributed by atoms with Crippen LogP contribution in [0.4, 0.5) is 0 Å². The molecule has 0 aromatic carbocycles. The standard InChI is InChI=1S/C21H34N4O2/c1-2-11-24-12-9-16(10-13-24)14-19-22-21(27-23-19)17-7-8-20(26)25(15-17)18-5-3-4-6-18/h16-18H,2-15H2,1H3/t17-/m1/s1.